The van der Waals surface area contributed by atoms with Crippen molar-refractivity contribution in [3.05, 3.63) is 97.0 Å². The maximum absolute atomic E-state index is 13.5. The number of aromatic nitrogens is 2. The molecule has 0 saturated heterocycles. The number of hydrogen-bond donors (Lipinski definition) is 0. The third-order valence-corrected chi connectivity index (χ3v) is 6.86. The normalized spacial score (nSPS) is 11.9. The van der Waals surface area contributed by atoms with Gasteiger partial charge in [0.15, 0.2) is 0 Å². The molecule has 30 heavy (non-hydrogen) atoms. The van der Waals surface area contributed by atoms with Crippen LogP contribution in [0.25, 0.3) is 15.9 Å². The Hall–Kier alpha value is -2.92. The lowest BCUT2D eigenvalue weighted by atomic mass is 9.87. The second kappa shape index (κ2) is 7.40. The Morgan fingerprint density at radius 2 is 1.53 bits per heavy atom. The third-order valence-electron chi connectivity index (χ3n) is 5.63. The Balaban J connectivity index is 1.94. The number of nitrogens with zero attached hydrogens (tertiary/aromatic N) is 2. The van der Waals surface area contributed by atoms with Gasteiger partial charge in [-0.2, -0.15) is 0 Å². The number of aryl methyl sites for hydroxylation is 2. The minimum atomic E-state index is -0.306. The summed E-state index contributed by atoms with van der Waals surface area (Å²) in [7, 11) is 0. The maximum atomic E-state index is 13.5. The standard InChI is InChI=1S/C25H26N2O2S/c1-16-17(2)30-23-21(16)22(28)27(20-9-7-6-8-10-20)24(29)26(23)15-18-11-13-19(14-12-18)25(3,4)5/h6-14H,15H2,1-5H3. The van der Waals surface area contributed by atoms with Gasteiger partial charge in [-0.3, -0.25) is 9.36 Å². The number of fused-ring (bicyclic) bond motifs is 1. The molecule has 0 fully saturated rings. The minimum Gasteiger partial charge on any atom is -0.280 e. The van der Waals surface area contributed by atoms with Crippen molar-refractivity contribution in [1.82, 2.24) is 9.13 Å². The van der Waals surface area contributed by atoms with Gasteiger partial charge < -0.3 is 0 Å². The van der Waals surface area contributed by atoms with E-state index in [4.69, 9.17) is 0 Å². The van der Waals surface area contributed by atoms with Crippen LogP contribution in [0.1, 0.15) is 42.3 Å². The summed E-state index contributed by atoms with van der Waals surface area (Å²) in [5.74, 6) is 0. The van der Waals surface area contributed by atoms with Crippen LogP contribution in [0.3, 0.4) is 0 Å². The Kier molecular flexibility index (Phi) is 5.02. The number of benzene rings is 2. The summed E-state index contributed by atoms with van der Waals surface area (Å²) in [6.45, 7) is 10.9. The summed E-state index contributed by atoms with van der Waals surface area (Å²) in [6.07, 6.45) is 0. The number of para-hydroxylation sites is 1. The Bertz CT molecular complexity index is 1340. The van der Waals surface area contributed by atoms with Crippen LogP contribution in [0.15, 0.2) is 64.2 Å². The topological polar surface area (TPSA) is 44.0 Å². The van der Waals surface area contributed by atoms with Crippen molar-refractivity contribution in [1.29, 1.82) is 0 Å². The fourth-order valence-electron chi connectivity index (χ4n) is 3.69. The summed E-state index contributed by atoms with van der Waals surface area (Å²) in [5, 5.41) is 0.632. The molecule has 0 spiro atoms. The van der Waals surface area contributed by atoms with E-state index in [0.29, 0.717) is 17.6 Å². The van der Waals surface area contributed by atoms with Crippen molar-refractivity contribution in [2.75, 3.05) is 0 Å². The molecule has 2 aromatic carbocycles. The van der Waals surface area contributed by atoms with Gasteiger partial charge in [0.05, 0.1) is 17.6 Å². The molecular weight excluding hydrogens is 392 g/mol. The predicted molar refractivity (Wildman–Crippen MR) is 125 cm³/mol. The van der Waals surface area contributed by atoms with Gasteiger partial charge in [0.2, 0.25) is 0 Å². The average molecular weight is 419 g/mol. The molecule has 0 saturated carbocycles. The molecule has 0 unspecified atom stereocenters. The van der Waals surface area contributed by atoms with Crippen molar-refractivity contribution in [3.63, 3.8) is 0 Å². The van der Waals surface area contributed by atoms with Crippen LogP contribution in [0, 0.1) is 13.8 Å². The highest BCUT2D eigenvalue weighted by Gasteiger charge is 2.20. The van der Waals surface area contributed by atoms with E-state index < -0.39 is 0 Å². The maximum Gasteiger partial charge on any atom is 0.337 e. The fourth-order valence-corrected chi connectivity index (χ4v) is 4.83. The van der Waals surface area contributed by atoms with Gasteiger partial charge in [-0.1, -0.05) is 63.2 Å². The molecule has 0 N–H and O–H groups in total. The van der Waals surface area contributed by atoms with Crippen molar-refractivity contribution in [2.24, 2.45) is 0 Å². The van der Waals surface area contributed by atoms with Gasteiger partial charge in [-0.15, -0.1) is 11.3 Å². The van der Waals surface area contributed by atoms with Crippen LogP contribution in [0.5, 0.6) is 0 Å². The van der Waals surface area contributed by atoms with E-state index in [1.165, 1.54) is 21.5 Å². The zero-order valence-electron chi connectivity index (χ0n) is 18.0. The second-order valence-corrected chi connectivity index (χ2v) is 9.96. The molecule has 154 valence electrons. The van der Waals surface area contributed by atoms with Gasteiger partial charge >= 0.3 is 5.69 Å². The quantitative estimate of drug-likeness (QED) is 0.460. The Morgan fingerprint density at radius 3 is 2.13 bits per heavy atom. The van der Waals surface area contributed by atoms with Gasteiger partial charge in [-0.25, -0.2) is 9.36 Å². The molecule has 0 bridgehead atoms. The molecule has 2 heterocycles. The third kappa shape index (κ3) is 3.43. The van der Waals surface area contributed by atoms with Crippen LogP contribution in [-0.2, 0) is 12.0 Å². The first-order valence-corrected chi connectivity index (χ1v) is 10.9. The minimum absolute atomic E-state index is 0.0746. The molecule has 4 aromatic rings. The largest absolute Gasteiger partial charge is 0.337 e. The van der Waals surface area contributed by atoms with Gasteiger partial charge in [0, 0.05) is 4.88 Å². The summed E-state index contributed by atoms with van der Waals surface area (Å²) in [4.78, 5) is 28.6. The summed E-state index contributed by atoms with van der Waals surface area (Å²) in [6, 6.07) is 17.5. The van der Waals surface area contributed by atoms with Crippen LogP contribution < -0.4 is 11.2 Å². The highest BCUT2D eigenvalue weighted by atomic mass is 32.1. The van der Waals surface area contributed by atoms with Crippen LogP contribution in [-0.4, -0.2) is 9.13 Å². The average Bonchev–Trinajstić information content (AvgIpc) is 3.00. The number of thiophene rings is 1. The molecule has 0 aliphatic carbocycles. The van der Waals surface area contributed by atoms with Gasteiger partial charge in [0.25, 0.3) is 5.56 Å². The van der Waals surface area contributed by atoms with E-state index in [1.54, 1.807) is 16.7 Å². The lowest BCUT2D eigenvalue weighted by Gasteiger charge is -2.19. The molecule has 2 aromatic heterocycles. The molecule has 0 atom stereocenters. The Morgan fingerprint density at radius 1 is 0.900 bits per heavy atom. The van der Waals surface area contributed by atoms with E-state index in [0.717, 1.165) is 20.8 Å². The first-order chi connectivity index (χ1) is 14.2. The fraction of sp³-hybridized carbons (Fsp3) is 0.280. The first kappa shape index (κ1) is 20.4. The molecule has 0 amide bonds. The van der Waals surface area contributed by atoms with E-state index in [9.17, 15) is 9.59 Å². The predicted octanol–water partition coefficient (Wildman–Crippen LogP) is 5.18. The van der Waals surface area contributed by atoms with E-state index >= 15 is 0 Å². The lowest BCUT2D eigenvalue weighted by Crippen LogP contribution is -2.38. The highest BCUT2D eigenvalue weighted by molar-refractivity contribution is 7.18. The zero-order valence-corrected chi connectivity index (χ0v) is 18.8. The molecule has 4 nitrogen and oxygen atoms in total. The van der Waals surface area contributed by atoms with E-state index in [2.05, 4.69) is 45.0 Å². The molecule has 5 heteroatoms. The van der Waals surface area contributed by atoms with E-state index in [1.807, 2.05) is 32.0 Å². The van der Waals surface area contributed by atoms with Crippen LogP contribution in [0.4, 0.5) is 0 Å². The zero-order chi connectivity index (χ0) is 21.6. The van der Waals surface area contributed by atoms with Crippen molar-refractivity contribution < 1.29 is 0 Å². The molecule has 0 aliphatic rings. The monoisotopic (exact) mass is 418 g/mol. The number of rotatable bonds is 3. The van der Waals surface area contributed by atoms with E-state index in [-0.39, 0.29) is 16.7 Å². The number of hydrogen-bond acceptors (Lipinski definition) is 3. The summed E-state index contributed by atoms with van der Waals surface area (Å²) >= 11 is 1.51. The highest BCUT2D eigenvalue weighted by Crippen LogP contribution is 2.28. The SMILES string of the molecule is Cc1sc2c(c1C)c(=O)n(-c1ccccc1)c(=O)n2Cc1ccc(C(C)(C)C)cc1. The van der Waals surface area contributed by atoms with Gasteiger partial charge in [0.1, 0.15) is 4.83 Å². The molecule has 4 rings (SSSR count). The molecule has 0 aliphatic heterocycles. The first-order valence-electron chi connectivity index (χ1n) is 10.1. The smallest absolute Gasteiger partial charge is 0.280 e. The van der Waals surface area contributed by atoms with Crippen molar-refractivity contribution >= 4 is 21.6 Å². The van der Waals surface area contributed by atoms with Gasteiger partial charge in [-0.05, 0) is 48.1 Å². The Labute approximate surface area is 180 Å². The summed E-state index contributed by atoms with van der Waals surface area (Å²) in [5.41, 5.74) is 3.35. The van der Waals surface area contributed by atoms with Crippen LogP contribution in [0.2, 0.25) is 0 Å². The summed E-state index contributed by atoms with van der Waals surface area (Å²) < 4.78 is 3.03. The second-order valence-electron chi connectivity index (χ2n) is 8.76. The lowest BCUT2D eigenvalue weighted by molar-refractivity contribution is 0.589. The molecule has 0 radical (unpaired) electrons. The molecular formula is C25H26N2O2S. The van der Waals surface area contributed by atoms with Crippen molar-refractivity contribution in [3.8, 4) is 5.69 Å². The van der Waals surface area contributed by atoms with Crippen LogP contribution >= 0.6 is 11.3 Å². The van der Waals surface area contributed by atoms with Crippen molar-refractivity contribution in [2.45, 2.75) is 46.6 Å².